The van der Waals surface area contributed by atoms with Crippen molar-refractivity contribution < 1.29 is 4.79 Å². The van der Waals surface area contributed by atoms with Gasteiger partial charge in [-0.05, 0) is 77.7 Å². The van der Waals surface area contributed by atoms with Crippen LogP contribution in [0.25, 0.3) is 16.8 Å². The lowest BCUT2D eigenvalue weighted by atomic mass is 10.0. The van der Waals surface area contributed by atoms with E-state index >= 15 is 0 Å². The molecule has 0 fully saturated rings. The predicted octanol–water partition coefficient (Wildman–Crippen LogP) is 5.81. The molecule has 2 heterocycles. The Morgan fingerprint density at radius 1 is 1.10 bits per heavy atom. The minimum Gasteiger partial charge on any atom is -0.324 e. The maximum Gasteiger partial charge on any atom is 0.234 e. The highest BCUT2D eigenvalue weighted by Crippen LogP contribution is 2.28. The molecule has 7 heteroatoms. The van der Waals surface area contributed by atoms with Crippen LogP contribution in [0.5, 0.6) is 0 Å². The van der Waals surface area contributed by atoms with Crippen LogP contribution >= 0.6 is 27.7 Å². The zero-order chi connectivity index (χ0) is 21.3. The van der Waals surface area contributed by atoms with Crippen LogP contribution in [-0.4, -0.2) is 26.3 Å². The fourth-order valence-electron chi connectivity index (χ4n) is 3.09. The van der Waals surface area contributed by atoms with Crippen LogP contribution in [0.3, 0.4) is 0 Å². The summed E-state index contributed by atoms with van der Waals surface area (Å²) in [5.74, 6) is 0.180. The first-order valence-corrected chi connectivity index (χ1v) is 11.3. The van der Waals surface area contributed by atoms with Gasteiger partial charge in [0.2, 0.25) is 5.91 Å². The maximum atomic E-state index is 12.5. The molecule has 0 radical (unpaired) electrons. The number of amides is 1. The van der Waals surface area contributed by atoms with Gasteiger partial charge in [-0.3, -0.25) is 4.79 Å². The van der Waals surface area contributed by atoms with Crippen molar-refractivity contribution in [2.45, 2.75) is 25.8 Å². The average molecular weight is 481 g/mol. The SMILES string of the molecule is Cc1ccc(NC(=O)CSc2nccn3nc(-c4ccc(C)c(C)c4)cc23)c(Br)c1. The summed E-state index contributed by atoms with van der Waals surface area (Å²) in [5.41, 5.74) is 7.23. The van der Waals surface area contributed by atoms with Gasteiger partial charge in [0.15, 0.2) is 0 Å². The molecule has 5 nitrogen and oxygen atoms in total. The third-order valence-electron chi connectivity index (χ3n) is 4.90. The van der Waals surface area contributed by atoms with Crippen LogP contribution in [0.15, 0.2) is 64.4 Å². The van der Waals surface area contributed by atoms with Gasteiger partial charge in [0.25, 0.3) is 0 Å². The van der Waals surface area contributed by atoms with Crippen LogP contribution in [0.2, 0.25) is 0 Å². The molecule has 2 aromatic carbocycles. The number of anilines is 1. The second kappa shape index (κ2) is 8.62. The lowest BCUT2D eigenvalue weighted by Crippen LogP contribution is -2.14. The highest BCUT2D eigenvalue weighted by molar-refractivity contribution is 9.10. The van der Waals surface area contributed by atoms with Crippen molar-refractivity contribution in [2.75, 3.05) is 11.1 Å². The highest BCUT2D eigenvalue weighted by Gasteiger charge is 2.13. The Kier molecular flexibility index (Phi) is 5.92. The number of nitrogens with zero attached hydrogens (tertiary/aromatic N) is 3. The van der Waals surface area contributed by atoms with Gasteiger partial charge in [-0.25, -0.2) is 9.50 Å². The number of thioether (sulfide) groups is 1. The van der Waals surface area contributed by atoms with Crippen molar-refractivity contribution >= 4 is 44.8 Å². The highest BCUT2D eigenvalue weighted by atomic mass is 79.9. The molecule has 2 aromatic heterocycles. The Morgan fingerprint density at radius 3 is 2.70 bits per heavy atom. The van der Waals surface area contributed by atoms with Gasteiger partial charge in [-0.1, -0.05) is 30.0 Å². The smallest absolute Gasteiger partial charge is 0.234 e. The molecule has 0 aliphatic carbocycles. The summed E-state index contributed by atoms with van der Waals surface area (Å²) in [7, 11) is 0. The normalized spacial score (nSPS) is 11.1. The van der Waals surface area contributed by atoms with E-state index in [2.05, 4.69) is 63.4 Å². The average Bonchev–Trinajstić information content (AvgIpc) is 3.15. The van der Waals surface area contributed by atoms with E-state index in [0.717, 1.165) is 37.5 Å². The fourth-order valence-corrected chi connectivity index (χ4v) is 4.46. The van der Waals surface area contributed by atoms with Gasteiger partial charge in [-0.2, -0.15) is 5.10 Å². The van der Waals surface area contributed by atoms with Gasteiger partial charge in [0.05, 0.1) is 22.7 Å². The number of aryl methyl sites for hydroxylation is 3. The van der Waals surface area contributed by atoms with E-state index in [1.807, 2.05) is 41.9 Å². The molecule has 0 aliphatic heterocycles. The first kappa shape index (κ1) is 20.6. The quantitative estimate of drug-likeness (QED) is 0.365. The molecule has 0 spiro atoms. The van der Waals surface area contributed by atoms with Crippen molar-refractivity contribution in [1.82, 2.24) is 14.6 Å². The third-order valence-corrected chi connectivity index (χ3v) is 6.55. The van der Waals surface area contributed by atoms with Crippen LogP contribution in [0, 0.1) is 20.8 Å². The Morgan fingerprint density at radius 2 is 1.93 bits per heavy atom. The molecule has 152 valence electrons. The second-order valence-electron chi connectivity index (χ2n) is 7.21. The van der Waals surface area contributed by atoms with Crippen molar-refractivity contribution in [3.8, 4) is 11.3 Å². The van der Waals surface area contributed by atoms with Crippen molar-refractivity contribution in [3.05, 3.63) is 76.0 Å². The number of benzene rings is 2. The molecule has 0 saturated carbocycles. The molecule has 0 aliphatic rings. The van der Waals surface area contributed by atoms with Crippen LogP contribution in [0.1, 0.15) is 16.7 Å². The van der Waals surface area contributed by atoms with Gasteiger partial charge >= 0.3 is 0 Å². The number of carbonyl (C=O) groups excluding carboxylic acids is 1. The van der Waals surface area contributed by atoms with Gasteiger partial charge in [-0.15, -0.1) is 0 Å². The first-order valence-electron chi connectivity index (χ1n) is 9.51. The molecular formula is C23H21BrN4OS. The summed E-state index contributed by atoms with van der Waals surface area (Å²) in [6.45, 7) is 6.21. The second-order valence-corrected chi connectivity index (χ2v) is 9.03. The fraction of sp³-hybridized carbons (Fsp3) is 0.174. The Bertz CT molecular complexity index is 1250. The molecule has 1 N–H and O–H groups in total. The lowest BCUT2D eigenvalue weighted by Gasteiger charge is -2.08. The third kappa shape index (κ3) is 4.42. The summed E-state index contributed by atoms with van der Waals surface area (Å²) < 4.78 is 2.68. The topological polar surface area (TPSA) is 59.3 Å². The summed E-state index contributed by atoms with van der Waals surface area (Å²) in [6.07, 6.45) is 3.54. The summed E-state index contributed by atoms with van der Waals surface area (Å²) in [6, 6.07) is 14.2. The van der Waals surface area contributed by atoms with E-state index in [0.29, 0.717) is 0 Å². The van der Waals surface area contributed by atoms with E-state index in [1.165, 1.54) is 22.9 Å². The number of hydrogen-bond donors (Lipinski definition) is 1. The van der Waals surface area contributed by atoms with E-state index in [-0.39, 0.29) is 11.7 Å². The van der Waals surface area contributed by atoms with Gasteiger partial charge < -0.3 is 5.32 Å². The number of aromatic nitrogens is 3. The number of rotatable bonds is 5. The maximum absolute atomic E-state index is 12.5. The Balaban J connectivity index is 1.52. The number of fused-ring (bicyclic) bond motifs is 1. The van der Waals surface area contributed by atoms with E-state index < -0.39 is 0 Å². The number of hydrogen-bond acceptors (Lipinski definition) is 4. The van der Waals surface area contributed by atoms with Crippen molar-refractivity contribution in [1.29, 1.82) is 0 Å². The summed E-state index contributed by atoms with van der Waals surface area (Å²) in [5, 5.41) is 8.40. The minimum absolute atomic E-state index is 0.0812. The Hall–Kier alpha value is -2.64. The summed E-state index contributed by atoms with van der Waals surface area (Å²) in [4.78, 5) is 16.9. The van der Waals surface area contributed by atoms with Crippen LogP contribution < -0.4 is 5.32 Å². The Labute approximate surface area is 188 Å². The first-order chi connectivity index (χ1) is 14.4. The molecule has 30 heavy (non-hydrogen) atoms. The van der Waals surface area contributed by atoms with Crippen molar-refractivity contribution in [3.63, 3.8) is 0 Å². The monoisotopic (exact) mass is 480 g/mol. The van der Waals surface area contributed by atoms with E-state index in [4.69, 9.17) is 0 Å². The molecular weight excluding hydrogens is 460 g/mol. The molecule has 0 bridgehead atoms. The van der Waals surface area contributed by atoms with Gasteiger partial charge in [0, 0.05) is 22.4 Å². The van der Waals surface area contributed by atoms with Crippen molar-refractivity contribution in [2.24, 2.45) is 0 Å². The minimum atomic E-state index is -0.0812. The van der Waals surface area contributed by atoms with E-state index in [9.17, 15) is 4.79 Å². The predicted molar refractivity (Wildman–Crippen MR) is 126 cm³/mol. The zero-order valence-electron chi connectivity index (χ0n) is 16.9. The zero-order valence-corrected chi connectivity index (χ0v) is 19.3. The standard InChI is InChI=1S/C23H21BrN4OS/c1-14-4-7-19(18(24)10-14)26-22(29)13-30-23-21-12-20(27-28(21)9-8-25-23)17-6-5-15(2)16(3)11-17/h4-12H,13H2,1-3H3,(H,26,29). The molecule has 0 saturated heterocycles. The lowest BCUT2D eigenvalue weighted by molar-refractivity contribution is -0.113. The molecule has 1 amide bonds. The number of nitrogens with one attached hydrogen (secondary N) is 1. The molecule has 0 unspecified atom stereocenters. The van der Waals surface area contributed by atoms with Crippen LogP contribution in [0.4, 0.5) is 5.69 Å². The number of halogens is 1. The summed E-state index contributed by atoms with van der Waals surface area (Å²) >= 11 is 4.89. The van der Waals surface area contributed by atoms with Crippen LogP contribution in [-0.2, 0) is 4.79 Å². The largest absolute Gasteiger partial charge is 0.324 e. The molecule has 4 aromatic rings. The number of carbonyl (C=O) groups is 1. The van der Waals surface area contributed by atoms with Gasteiger partial charge in [0.1, 0.15) is 5.03 Å². The molecule has 4 rings (SSSR count). The van der Waals surface area contributed by atoms with E-state index in [1.54, 1.807) is 6.20 Å². The molecule has 0 atom stereocenters.